The van der Waals surface area contributed by atoms with Crippen LogP contribution in [-0.2, 0) is 6.42 Å². The second kappa shape index (κ2) is 6.38. The van der Waals surface area contributed by atoms with Crippen molar-refractivity contribution in [1.29, 1.82) is 0 Å². The number of carbonyl (C=O) groups excluding carboxylic acids is 1. The normalized spacial score (nSPS) is 10.2. The van der Waals surface area contributed by atoms with Crippen molar-refractivity contribution in [2.75, 3.05) is 4.72 Å². The minimum atomic E-state index is 0.0295. The van der Waals surface area contributed by atoms with Gasteiger partial charge in [0.1, 0.15) is 5.82 Å². The van der Waals surface area contributed by atoms with Gasteiger partial charge >= 0.3 is 0 Å². The van der Waals surface area contributed by atoms with Crippen molar-refractivity contribution >= 4 is 23.5 Å². The molecule has 0 aliphatic heterocycles. The van der Waals surface area contributed by atoms with Crippen LogP contribution in [0.4, 0.5) is 5.82 Å². The van der Waals surface area contributed by atoms with Crippen molar-refractivity contribution in [1.82, 2.24) is 4.98 Å². The summed E-state index contributed by atoms with van der Waals surface area (Å²) in [5.41, 5.74) is 1.95. The Morgan fingerprint density at radius 3 is 2.47 bits per heavy atom. The highest BCUT2D eigenvalue weighted by Gasteiger charge is 2.00. The average Bonchev–Trinajstić information content (AvgIpc) is 2.46. The molecule has 0 atom stereocenters. The summed E-state index contributed by atoms with van der Waals surface area (Å²) in [6, 6.07) is 12.0. The van der Waals surface area contributed by atoms with E-state index in [0.29, 0.717) is 5.56 Å². The highest BCUT2D eigenvalue weighted by molar-refractivity contribution is 8.00. The molecule has 1 aromatic heterocycles. The first-order chi connectivity index (χ1) is 9.19. The number of nitrogens with one attached hydrogen (secondary N) is 1. The summed E-state index contributed by atoms with van der Waals surface area (Å²) in [4.78, 5) is 16.5. The van der Waals surface area contributed by atoms with Crippen LogP contribution in [-0.4, -0.2) is 10.8 Å². The Morgan fingerprint density at radius 2 is 1.95 bits per heavy atom. The first-order valence-corrected chi connectivity index (χ1v) is 6.99. The van der Waals surface area contributed by atoms with E-state index in [1.54, 1.807) is 12.3 Å². The number of rotatable bonds is 5. The molecule has 1 heterocycles. The minimum absolute atomic E-state index is 0.0295. The Balaban J connectivity index is 1.95. The first kappa shape index (κ1) is 13.6. The zero-order chi connectivity index (χ0) is 13.7. The summed E-state index contributed by atoms with van der Waals surface area (Å²) in [6.45, 7) is 3.68. The monoisotopic (exact) mass is 272 g/mol. The fraction of sp³-hybridized carbons (Fsp3) is 0.200. The molecule has 0 amide bonds. The van der Waals surface area contributed by atoms with E-state index in [-0.39, 0.29) is 5.78 Å². The van der Waals surface area contributed by atoms with E-state index in [0.717, 1.165) is 17.1 Å². The van der Waals surface area contributed by atoms with Crippen molar-refractivity contribution in [2.24, 2.45) is 0 Å². The zero-order valence-corrected chi connectivity index (χ0v) is 11.8. The predicted octanol–water partition coefficient (Wildman–Crippen LogP) is 3.97. The summed E-state index contributed by atoms with van der Waals surface area (Å²) in [6.07, 6.45) is 2.64. The molecule has 3 nitrogen and oxygen atoms in total. The van der Waals surface area contributed by atoms with E-state index in [2.05, 4.69) is 40.9 Å². The first-order valence-electron chi connectivity index (χ1n) is 6.18. The van der Waals surface area contributed by atoms with Gasteiger partial charge in [-0.2, -0.15) is 0 Å². The molecule has 0 saturated heterocycles. The SMILES string of the molecule is CCc1ccc(SNc2ccc(C(C)=O)cn2)cc1. The Morgan fingerprint density at radius 1 is 1.21 bits per heavy atom. The molecular weight excluding hydrogens is 256 g/mol. The van der Waals surface area contributed by atoms with Gasteiger partial charge in [-0.25, -0.2) is 4.98 Å². The van der Waals surface area contributed by atoms with Crippen LogP contribution in [0.5, 0.6) is 0 Å². The molecule has 0 saturated carbocycles. The lowest BCUT2D eigenvalue weighted by molar-refractivity contribution is 0.101. The molecule has 19 heavy (non-hydrogen) atoms. The molecule has 4 heteroatoms. The van der Waals surface area contributed by atoms with Gasteiger partial charge in [0.15, 0.2) is 5.78 Å². The van der Waals surface area contributed by atoms with E-state index in [1.807, 2.05) is 6.07 Å². The van der Waals surface area contributed by atoms with Crippen LogP contribution in [0.2, 0.25) is 0 Å². The number of hydrogen-bond donors (Lipinski definition) is 1. The molecular formula is C15H16N2OS. The molecule has 0 radical (unpaired) electrons. The molecule has 0 fully saturated rings. The lowest BCUT2D eigenvalue weighted by Gasteiger charge is -2.05. The highest BCUT2D eigenvalue weighted by Crippen LogP contribution is 2.20. The summed E-state index contributed by atoms with van der Waals surface area (Å²) >= 11 is 1.51. The van der Waals surface area contributed by atoms with Gasteiger partial charge in [-0.05, 0) is 55.1 Å². The van der Waals surface area contributed by atoms with E-state index < -0.39 is 0 Å². The zero-order valence-electron chi connectivity index (χ0n) is 11.0. The Kier molecular flexibility index (Phi) is 4.58. The number of benzene rings is 1. The van der Waals surface area contributed by atoms with E-state index >= 15 is 0 Å². The quantitative estimate of drug-likeness (QED) is 0.660. The van der Waals surface area contributed by atoms with Gasteiger partial charge in [0.25, 0.3) is 0 Å². The maximum absolute atomic E-state index is 11.1. The van der Waals surface area contributed by atoms with Crippen molar-refractivity contribution < 1.29 is 4.79 Å². The molecule has 98 valence electrons. The third-order valence-electron chi connectivity index (χ3n) is 2.78. The van der Waals surface area contributed by atoms with Crippen LogP contribution in [0, 0.1) is 0 Å². The van der Waals surface area contributed by atoms with Crippen molar-refractivity contribution in [3.63, 3.8) is 0 Å². The van der Waals surface area contributed by atoms with Gasteiger partial charge in [0.2, 0.25) is 0 Å². The number of pyridine rings is 1. The average molecular weight is 272 g/mol. The second-order valence-corrected chi connectivity index (χ2v) is 5.07. The fourth-order valence-electron chi connectivity index (χ4n) is 1.57. The number of Topliss-reactive ketones (excluding diaryl/α,β-unsaturated/α-hetero) is 1. The van der Waals surface area contributed by atoms with Crippen LogP contribution in [0.1, 0.15) is 29.8 Å². The summed E-state index contributed by atoms with van der Waals surface area (Å²) < 4.78 is 3.16. The Hall–Kier alpha value is -1.81. The topological polar surface area (TPSA) is 42.0 Å². The third kappa shape index (κ3) is 3.83. The minimum Gasteiger partial charge on any atom is -0.310 e. The van der Waals surface area contributed by atoms with Crippen LogP contribution in [0.15, 0.2) is 47.5 Å². The van der Waals surface area contributed by atoms with Gasteiger partial charge < -0.3 is 4.72 Å². The lowest BCUT2D eigenvalue weighted by atomic mass is 10.2. The predicted molar refractivity (Wildman–Crippen MR) is 79.5 cm³/mol. The molecule has 0 spiro atoms. The maximum atomic E-state index is 11.1. The standard InChI is InChI=1S/C15H16N2OS/c1-3-12-4-7-14(8-5-12)19-17-15-9-6-13(10-16-15)11(2)18/h4-10H,3H2,1-2H3,(H,16,17). The molecule has 0 bridgehead atoms. The fourth-order valence-corrected chi connectivity index (χ4v) is 2.18. The molecule has 2 aromatic rings. The summed E-state index contributed by atoms with van der Waals surface area (Å²) in [5, 5.41) is 0. The Bertz CT molecular complexity index is 549. The number of anilines is 1. The van der Waals surface area contributed by atoms with Crippen LogP contribution >= 0.6 is 11.9 Å². The number of aryl methyl sites for hydroxylation is 1. The number of aromatic nitrogens is 1. The molecule has 0 aliphatic rings. The molecule has 0 aliphatic carbocycles. The summed E-state index contributed by atoms with van der Waals surface area (Å²) in [5.74, 6) is 0.774. The highest BCUT2D eigenvalue weighted by atomic mass is 32.2. The van der Waals surface area contributed by atoms with Gasteiger partial charge in [-0.1, -0.05) is 19.1 Å². The van der Waals surface area contributed by atoms with Crippen LogP contribution < -0.4 is 4.72 Å². The third-order valence-corrected chi connectivity index (χ3v) is 3.59. The number of ketones is 1. The van der Waals surface area contributed by atoms with Crippen molar-refractivity contribution in [3.05, 3.63) is 53.7 Å². The number of hydrogen-bond acceptors (Lipinski definition) is 4. The second-order valence-electron chi connectivity index (χ2n) is 4.19. The van der Waals surface area contributed by atoms with Gasteiger partial charge in [-0.3, -0.25) is 4.79 Å². The number of carbonyl (C=O) groups is 1. The molecule has 1 aromatic carbocycles. The van der Waals surface area contributed by atoms with E-state index in [4.69, 9.17) is 0 Å². The van der Waals surface area contributed by atoms with Gasteiger partial charge in [-0.15, -0.1) is 0 Å². The van der Waals surface area contributed by atoms with Crippen molar-refractivity contribution in [3.8, 4) is 0 Å². The molecule has 0 unspecified atom stereocenters. The van der Waals surface area contributed by atoms with Gasteiger partial charge in [0.05, 0.1) is 0 Å². The molecule has 1 N–H and O–H groups in total. The van der Waals surface area contributed by atoms with Gasteiger partial charge in [0, 0.05) is 16.7 Å². The largest absolute Gasteiger partial charge is 0.310 e. The Labute approximate surface area is 117 Å². The van der Waals surface area contributed by atoms with E-state index in [1.165, 1.54) is 24.4 Å². The summed E-state index contributed by atoms with van der Waals surface area (Å²) in [7, 11) is 0. The van der Waals surface area contributed by atoms with Crippen LogP contribution in [0.25, 0.3) is 0 Å². The number of nitrogens with zero attached hydrogens (tertiary/aromatic N) is 1. The smallest absolute Gasteiger partial charge is 0.161 e. The lowest BCUT2D eigenvalue weighted by Crippen LogP contribution is -1.95. The van der Waals surface area contributed by atoms with Crippen LogP contribution in [0.3, 0.4) is 0 Å². The molecule has 2 rings (SSSR count). The van der Waals surface area contributed by atoms with E-state index in [9.17, 15) is 4.79 Å². The maximum Gasteiger partial charge on any atom is 0.161 e. The van der Waals surface area contributed by atoms with Crippen molar-refractivity contribution in [2.45, 2.75) is 25.2 Å².